The van der Waals surface area contributed by atoms with Crippen LogP contribution >= 0.6 is 11.6 Å². The molecule has 1 aromatic heterocycles. The van der Waals surface area contributed by atoms with Gasteiger partial charge in [0.2, 0.25) is 5.88 Å². The van der Waals surface area contributed by atoms with Gasteiger partial charge < -0.3 is 14.4 Å². The monoisotopic (exact) mass is 270 g/mol. The molecule has 98 valence electrons. The van der Waals surface area contributed by atoms with Gasteiger partial charge in [-0.05, 0) is 12.1 Å². The molecule has 0 aromatic carbocycles. The smallest absolute Gasteiger partial charge is 0.259 e. The molecule has 0 spiro atoms. The Bertz CT molecular complexity index is 428. The van der Waals surface area contributed by atoms with E-state index in [1.807, 2.05) is 0 Å². The van der Waals surface area contributed by atoms with Gasteiger partial charge in [0, 0.05) is 18.6 Å². The lowest BCUT2D eigenvalue weighted by Gasteiger charge is -2.34. The van der Waals surface area contributed by atoms with E-state index in [4.69, 9.17) is 21.1 Å². The predicted octanol–water partition coefficient (Wildman–Crippen LogP) is 1.17. The van der Waals surface area contributed by atoms with E-state index < -0.39 is 0 Å². The SMILES string of the molecule is COc1ncccc1C(=O)N1CCOCC1CCl. The normalized spacial score (nSPS) is 19.7. The summed E-state index contributed by atoms with van der Waals surface area (Å²) in [4.78, 5) is 18.2. The van der Waals surface area contributed by atoms with Crippen molar-refractivity contribution in [3.63, 3.8) is 0 Å². The fourth-order valence-corrected chi connectivity index (χ4v) is 2.18. The fourth-order valence-electron chi connectivity index (χ4n) is 1.92. The molecule has 6 heteroatoms. The van der Waals surface area contributed by atoms with Gasteiger partial charge in [-0.15, -0.1) is 11.6 Å². The van der Waals surface area contributed by atoms with E-state index >= 15 is 0 Å². The summed E-state index contributed by atoms with van der Waals surface area (Å²) in [5, 5.41) is 0. The van der Waals surface area contributed by atoms with E-state index in [0.717, 1.165) is 0 Å². The number of carbonyl (C=O) groups is 1. The summed E-state index contributed by atoms with van der Waals surface area (Å²) in [5.41, 5.74) is 0.456. The third-order valence-corrected chi connectivity index (χ3v) is 3.22. The van der Waals surface area contributed by atoms with Crippen LogP contribution < -0.4 is 4.74 Å². The highest BCUT2D eigenvalue weighted by Gasteiger charge is 2.29. The Morgan fingerprint density at radius 2 is 2.56 bits per heavy atom. The highest BCUT2D eigenvalue weighted by atomic mass is 35.5. The maximum Gasteiger partial charge on any atom is 0.259 e. The van der Waals surface area contributed by atoms with Crippen LogP contribution in [0.3, 0.4) is 0 Å². The van der Waals surface area contributed by atoms with Gasteiger partial charge in [0.25, 0.3) is 5.91 Å². The summed E-state index contributed by atoms with van der Waals surface area (Å²) in [7, 11) is 1.50. The van der Waals surface area contributed by atoms with Gasteiger partial charge in [-0.2, -0.15) is 0 Å². The first-order chi connectivity index (χ1) is 8.77. The number of hydrogen-bond donors (Lipinski definition) is 0. The summed E-state index contributed by atoms with van der Waals surface area (Å²) in [6, 6.07) is 3.32. The quantitative estimate of drug-likeness (QED) is 0.774. The van der Waals surface area contributed by atoms with Crippen LogP contribution in [0.15, 0.2) is 18.3 Å². The molecule has 1 aliphatic heterocycles. The van der Waals surface area contributed by atoms with Crippen LogP contribution in [0, 0.1) is 0 Å². The first-order valence-electron chi connectivity index (χ1n) is 5.71. The third kappa shape index (κ3) is 2.57. The Labute approximate surface area is 111 Å². The maximum atomic E-state index is 12.4. The van der Waals surface area contributed by atoms with E-state index in [9.17, 15) is 4.79 Å². The second-order valence-corrected chi connectivity index (χ2v) is 4.25. The Morgan fingerprint density at radius 1 is 1.72 bits per heavy atom. The Kier molecular flexibility index (Phi) is 4.38. The van der Waals surface area contributed by atoms with Crippen molar-refractivity contribution in [1.82, 2.24) is 9.88 Å². The van der Waals surface area contributed by atoms with E-state index in [2.05, 4.69) is 4.98 Å². The van der Waals surface area contributed by atoms with E-state index in [-0.39, 0.29) is 11.9 Å². The molecule has 1 amide bonds. The van der Waals surface area contributed by atoms with Crippen molar-refractivity contribution >= 4 is 17.5 Å². The summed E-state index contributed by atoms with van der Waals surface area (Å²) in [6.45, 7) is 1.54. The van der Waals surface area contributed by atoms with Crippen molar-refractivity contribution in [3.8, 4) is 5.88 Å². The zero-order chi connectivity index (χ0) is 13.0. The second-order valence-electron chi connectivity index (χ2n) is 3.94. The molecule has 1 aromatic rings. The van der Waals surface area contributed by atoms with Crippen molar-refractivity contribution in [3.05, 3.63) is 23.9 Å². The number of alkyl halides is 1. The van der Waals surface area contributed by atoms with Crippen LogP contribution in [0.5, 0.6) is 5.88 Å². The molecule has 1 fully saturated rings. The summed E-state index contributed by atoms with van der Waals surface area (Å²) in [6.07, 6.45) is 1.59. The molecule has 5 nitrogen and oxygen atoms in total. The molecule has 1 atom stereocenters. The zero-order valence-electron chi connectivity index (χ0n) is 10.1. The number of nitrogens with zero attached hydrogens (tertiary/aromatic N) is 2. The Balaban J connectivity index is 2.24. The zero-order valence-corrected chi connectivity index (χ0v) is 10.9. The third-order valence-electron chi connectivity index (χ3n) is 2.86. The molecular formula is C12H15ClN2O3. The lowest BCUT2D eigenvalue weighted by Crippen LogP contribution is -2.49. The van der Waals surface area contributed by atoms with Gasteiger partial charge in [0.15, 0.2) is 0 Å². The number of morpholine rings is 1. The molecule has 18 heavy (non-hydrogen) atoms. The fraction of sp³-hybridized carbons (Fsp3) is 0.500. The van der Waals surface area contributed by atoms with Gasteiger partial charge >= 0.3 is 0 Å². The number of amides is 1. The highest BCUT2D eigenvalue weighted by Crippen LogP contribution is 2.19. The molecule has 2 heterocycles. The molecule has 0 bridgehead atoms. The number of carbonyl (C=O) groups excluding carboxylic acids is 1. The summed E-state index contributed by atoms with van der Waals surface area (Å²) in [5.74, 6) is 0.574. The van der Waals surface area contributed by atoms with Crippen molar-refractivity contribution in [2.45, 2.75) is 6.04 Å². The summed E-state index contributed by atoms with van der Waals surface area (Å²) < 4.78 is 10.4. The minimum absolute atomic E-state index is 0.0992. The Hall–Kier alpha value is -1.33. The first kappa shape index (κ1) is 13.1. The second kappa shape index (κ2) is 6.02. The van der Waals surface area contributed by atoms with Gasteiger partial charge in [0.05, 0.1) is 26.4 Å². The molecule has 0 saturated carbocycles. The van der Waals surface area contributed by atoms with Gasteiger partial charge in [-0.3, -0.25) is 4.79 Å². The van der Waals surface area contributed by atoms with Crippen molar-refractivity contribution in [2.75, 3.05) is 32.7 Å². The van der Waals surface area contributed by atoms with Crippen LogP contribution in [0.25, 0.3) is 0 Å². The molecule has 0 radical (unpaired) electrons. The number of rotatable bonds is 3. The topological polar surface area (TPSA) is 51.7 Å². The van der Waals surface area contributed by atoms with Gasteiger partial charge in [-0.25, -0.2) is 4.98 Å². The minimum atomic E-state index is -0.117. The average molecular weight is 271 g/mol. The molecule has 1 saturated heterocycles. The lowest BCUT2D eigenvalue weighted by molar-refractivity contribution is 0.00436. The molecule has 1 unspecified atom stereocenters. The highest BCUT2D eigenvalue weighted by molar-refractivity contribution is 6.18. The number of pyridine rings is 1. The van der Waals surface area contributed by atoms with Crippen LogP contribution in [0.2, 0.25) is 0 Å². The van der Waals surface area contributed by atoms with Crippen LogP contribution in [-0.2, 0) is 4.74 Å². The van der Waals surface area contributed by atoms with E-state index in [0.29, 0.717) is 37.1 Å². The van der Waals surface area contributed by atoms with Crippen molar-refractivity contribution in [2.24, 2.45) is 0 Å². The van der Waals surface area contributed by atoms with E-state index in [1.54, 1.807) is 23.2 Å². The first-order valence-corrected chi connectivity index (χ1v) is 6.25. The van der Waals surface area contributed by atoms with Crippen molar-refractivity contribution < 1.29 is 14.3 Å². The standard InChI is InChI=1S/C12H15ClN2O3/c1-17-11-10(3-2-4-14-11)12(16)15-5-6-18-8-9(15)7-13/h2-4,9H,5-8H2,1H3. The van der Waals surface area contributed by atoms with Crippen LogP contribution in [0.1, 0.15) is 10.4 Å². The van der Waals surface area contributed by atoms with Crippen LogP contribution in [-0.4, -0.2) is 54.6 Å². The summed E-state index contributed by atoms with van der Waals surface area (Å²) >= 11 is 5.86. The van der Waals surface area contributed by atoms with Gasteiger partial charge in [0.1, 0.15) is 5.56 Å². The predicted molar refractivity (Wildman–Crippen MR) is 67.2 cm³/mol. The van der Waals surface area contributed by atoms with Crippen molar-refractivity contribution in [1.29, 1.82) is 0 Å². The van der Waals surface area contributed by atoms with E-state index in [1.165, 1.54) is 7.11 Å². The average Bonchev–Trinajstić information content (AvgIpc) is 2.46. The molecule has 2 rings (SSSR count). The van der Waals surface area contributed by atoms with Crippen LogP contribution in [0.4, 0.5) is 0 Å². The molecule has 0 aliphatic carbocycles. The number of aromatic nitrogens is 1. The Morgan fingerprint density at radius 3 is 3.28 bits per heavy atom. The largest absolute Gasteiger partial charge is 0.480 e. The number of halogens is 1. The number of hydrogen-bond acceptors (Lipinski definition) is 4. The number of methoxy groups -OCH3 is 1. The van der Waals surface area contributed by atoms with Gasteiger partial charge in [-0.1, -0.05) is 0 Å². The molecular weight excluding hydrogens is 256 g/mol. The number of ether oxygens (including phenoxy) is 2. The maximum absolute atomic E-state index is 12.4. The molecule has 0 N–H and O–H groups in total. The minimum Gasteiger partial charge on any atom is -0.480 e. The lowest BCUT2D eigenvalue weighted by atomic mass is 10.2. The molecule has 1 aliphatic rings.